The molecule has 8 heteroatoms. The Balaban J connectivity index is 1.90. The van der Waals surface area contributed by atoms with Crippen LogP contribution in [0.15, 0.2) is 23.6 Å². The number of nitrogens with one attached hydrogen (secondary N) is 3. The minimum Gasteiger partial charge on any atom is -0.384 e. The van der Waals surface area contributed by atoms with Gasteiger partial charge in [0.1, 0.15) is 17.3 Å². The van der Waals surface area contributed by atoms with Gasteiger partial charge in [-0.1, -0.05) is 6.07 Å². The van der Waals surface area contributed by atoms with Crippen LogP contribution in [0.3, 0.4) is 0 Å². The van der Waals surface area contributed by atoms with Gasteiger partial charge in [-0.25, -0.2) is 4.79 Å². The van der Waals surface area contributed by atoms with Crippen molar-refractivity contribution in [2.75, 3.05) is 0 Å². The average Bonchev–Trinajstić information content (AvgIpc) is 3.10. The summed E-state index contributed by atoms with van der Waals surface area (Å²) in [6.45, 7) is 1.46. The Labute approximate surface area is 118 Å². The lowest BCUT2D eigenvalue weighted by atomic mass is 9.92. The second-order valence-electron chi connectivity index (χ2n) is 4.70. The van der Waals surface area contributed by atoms with Gasteiger partial charge in [-0.05, 0) is 24.4 Å². The zero-order valence-electron chi connectivity index (χ0n) is 10.5. The Morgan fingerprint density at radius 2 is 2.25 bits per heavy atom. The monoisotopic (exact) mass is 292 g/mol. The van der Waals surface area contributed by atoms with E-state index in [1.807, 2.05) is 17.5 Å². The maximum atomic E-state index is 11.8. The molecule has 1 aliphatic heterocycles. The smallest absolute Gasteiger partial charge is 0.322 e. The van der Waals surface area contributed by atoms with Crippen LogP contribution in [0.2, 0.25) is 0 Å². The number of hydrogen-bond donors (Lipinski definition) is 4. The largest absolute Gasteiger partial charge is 0.384 e. The molecule has 1 fully saturated rings. The van der Waals surface area contributed by atoms with Gasteiger partial charge in [0.05, 0.1) is 10.6 Å². The molecule has 3 heterocycles. The highest BCUT2D eigenvalue weighted by molar-refractivity contribution is 7.13. The number of amides is 3. The lowest BCUT2D eigenvalue weighted by Gasteiger charge is -2.25. The number of carbonyl (C=O) groups is 2. The van der Waals surface area contributed by atoms with E-state index in [0.29, 0.717) is 11.4 Å². The molecule has 0 bridgehead atoms. The van der Waals surface area contributed by atoms with Crippen molar-refractivity contribution in [1.29, 1.82) is 0 Å². The van der Waals surface area contributed by atoms with Gasteiger partial charge in [-0.2, -0.15) is 5.10 Å². The summed E-state index contributed by atoms with van der Waals surface area (Å²) in [7, 11) is 0. The maximum absolute atomic E-state index is 11.8. The fourth-order valence-corrected chi connectivity index (χ4v) is 2.77. The first-order chi connectivity index (χ1) is 9.50. The average molecular weight is 292 g/mol. The van der Waals surface area contributed by atoms with Crippen LogP contribution in [-0.2, 0) is 4.79 Å². The lowest BCUT2D eigenvalue weighted by Crippen LogP contribution is -2.49. The van der Waals surface area contributed by atoms with Gasteiger partial charge in [-0.15, -0.1) is 11.3 Å². The molecule has 20 heavy (non-hydrogen) atoms. The minimum absolute atomic E-state index is 0.369. The van der Waals surface area contributed by atoms with E-state index in [0.717, 1.165) is 4.88 Å². The molecule has 3 rings (SSSR count). The van der Waals surface area contributed by atoms with Crippen LogP contribution >= 0.6 is 11.3 Å². The fourth-order valence-electron chi connectivity index (χ4n) is 2.09. The number of thiophene rings is 1. The number of urea groups is 1. The Morgan fingerprint density at radius 1 is 1.45 bits per heavy atom. The number of nitrogens with zero attached hydrogens (tertiary/aromatic N) is 1. The lowest BCUT2D eigenvalue weighted by molar-refractivity contribution is -0.127. The summed E-state index contributed by atoms with van der Waals surface area (Å²) in [4.78, 5) is 23.9. The highest BCUT2D eigenvalue weighted by atomic mass is 32.1. The molecule has 1 saturated heterocycles. The Morgan fingerprint density at radius 3 is 2.85 bits per heavy atom. The van der Waals surface area contributed by atoms with Gasteiger partial charge in [0.25, 0.3) is 5.91 Å². The van der Waals surface area contributed by atoms with E-state index < -0.39 is 23.6 Å². The topological polar surface area (TPSA) is 107 Å². The van der Waals surface area contributed by atoms with Crippen molar-refractivity contribution in [2.45, 2.75) is 18.6 Å². The quantitative estimate of drug-likeness (QED) is 0.627. The molecule has 3 amide bonds. The van der Waals surface area contributed by atoms with Crippen LogP contribution in [0.1, 0.15) is 18.7 Å². The molecule has 4 N–H and O–H groups in total. The highest BCUT2D eigenvalue weighted by Gasteiger charge is 2.48. The molecule has 2 aromatic rings. The molecular formula is C12H12N4O3S. The highest BCUT2D eigenvalue weighted by Crippen LogP contribution is 2.30. The number of hydrogen-bond acceptors (Lipinski definition) is 5. The van der Waals surface area contributed by atoms with Crippen molar-refractivity contribution in [3.05, 3.63) is 29.3 Å². The molecule has 0 saturated carbocycles. The first-order valence-corrected chi connectivity index (χ1v) is 6.79. The summed E-state index contributed by atoms with van der Waals surface area (Å²) in [5.74, 6) is -0.567. The van der Waals surface area contributed by atoms with Crippen molar-refractivity contribution in [3.8, 4) is 10.6 Å². The summed E-state index contributed by atoms with van der Waals surface area (Å²) in [6.07, 6.45) is -1.21. The predicted molar refractivity (Wildman–Crippen MR) is 71.9 cm³/mol. The number of imide groups is 1. The van der Waals surface area contributed by atoms with Crippen LogP contribution in [-0.4, -0.2) is 32.8 Å². The summed E-state index contributed by atoms with van der Waals surface area (Å²) in [5, 5.41) is 23.6. The summed E-state index contributed by atoms with van der Waals surface area (Å²) in [6, 6.07) is 4.86. The third-order valence-electron chi connectivity index (χ3n) is 3.28. The van der Waals surface area contributed by atoms with Crippen molar-refractivity contribution in [1.82, 2.24) is 20.8 Å². The van der Waals surface area contributed by atoms with Crippen LogP contribution in [0.25, 0.3) is 10.6 Å². The van der Waals surface area contributed by atoms with E-state index in [1.165, 1.54) is 18.3 Å². The molecule has 0 spiro atoms. The first kappa shape index (κ1) is 12.8. The van der Waals surface area contributed by atoms with Gasteiger partial charge in [0.15, 0.2) is 0 Å². The van der Waals surface area contributed by atoms with Crippen LogP contribution in [0, 0.1) is 0 Å². The number of aliphatic hydroxyl groups excluding tert-OH is 1. The van der Waals surface area contributed by atoms with Crippen LogP contribution in [0.5, 0.6) is 0 Å². The van der Waals surface area contributed by atoms with Gasteiger partial charge in [0.2, 0.25) is 0 Å². The van der Waals surface area contributed by atoms with Crippen molar-refractivity contribution >= 4 is 23.3 Å². The van der Waals surface area contributed by atoms with E-state index in [4.69, 9.17) is 0 Å². The van der Waals surface area contributed by atoms with Gasteiger partial charge in [0, 0.05) is 0 Å². The molecule has 2 aromatic heterocycles. The Kier molecular flexibility index (Phi) is 2.84. The number of aliphatic hydroxyl groups is 1. The van der Waals surface area contributed by atoms with Crippen LogP contribution in [0.4, 0.5) is 4.79 Å². The number of H-pyrrole nitrogens is 1. The zero-order chi connectivity index (χ0) is 14.3. The molecule has 0 aromatic carbocycles. The molecule has 2 atom stereocenters. The van der Waals surface area contributed by atoms with Crippen molar-refractivity contribution < 1.29 is 14.7 Å². The minimum atomic E-state index is -1.41. The van der Waals surface area contributed by atoms with Crippen molar-refractivity contribution in [3.63, 3.8) is 0 Å². The standard InChI is InChI=1S/C12H12N4O3S/c1-12(10(18)13-11(19)14-12)9(17)7-5-6(15-16-7)8-3-2-4-20-8/h2-5,9,17H,1H3,(H,15,16)(H2,13,14,18,19). The first-order valence-electron chi connectivity index (χ1n) is 5.91. The van der Waals surface area contributed by atoms with Gasteiger partial charge >= 0.3 is 6.03 Å². The number of carbonyl (C=O) groups excluding carboxylic acids is 2. The fraction of sp³-hybridized carbons (Fsp3) is 0.250. The number of rotatable bonds is 3. The predicted octanol–water partition coefficient (Wildman–Crippen LogP) is 0.770. The normalized spacial score (nSPS) is 23.5. The molecule has 0 radical (unpaired) electrons. The van der Waals surface area contributed by atoms with E-state index in [1.54, 1.807) is 6.07 Å². The van der Waals surface area contributed by atoms with Crippen LogP contribution < -0.4 is 10.6 Å². The summed E-state index contributed by atoms with van der Waals surface area (Å²) >= 11 is 1.52. The van der Waals surface area contributed by atoms with E-state index in [-0.39, 0.29) is 0 Å². The third kappa shape index (κ3) is 1.89. The van der Waals surface area contributed by atoms with E-state index in [9.17, 15) is 14.7 Å². The van der Waals surface area contributed by atoms with E-state index >= 15 is 0 Å². The summed E-state index contributed by atoms with van der Waals surface area (Å²) < 4.78 is 0. The summed E-state index contributed by atoms with van der Waals surface area (Å²) in [5.41, 5.74) is -0.355. The molecule has 7 nitrogen and oxygen atoms in total. The molecule has 2 unspecified atom stereocenters. The molecule has 0 aliphatic carbocycles. The third-order valence-corrected chi connectivity index (χ3v) is 4.18. The number of aromatic nitrogens is 2. The second-order valence-corrected chi connectivity index (χ2v) is 5.65. The second kappa shape index (κ2) is 4.43. The maximum Gasteiger partial charge on any atom is 0.322 e. The van der Waals surface area contributed by atoms with Gasteiger partial charge in [-0.3, -0.25) is 15.2 Å². The Hall–Kier alpha value is -2.19. The molecule has 104 valence electrons. The molecular weight excluding hydrogens is 280 g/mol. The molecule has 1 aliphatic rings. The van der Waals surface area contributed by atoms with Gasteiger partial charge < -0.3 is 10.4 Å². The number of aromatic amines is 1. The zero-order valence-corrected chi connectivity index (χ0v) is 11.3. The van der Waals surface area contributed by atoms with Crippen molar-refractivity contribution in [2.24, 2.45) is 0 Å². The Bertz CT molecular complexity index is 666. The SMILES string of the molecule is CC1(C(O)c2cc(-c3cccs3)n[nH]2)NC(=O)NC1=O. The van der Waals surface area contributed by atoms with E-state index in [2.05, 4.69) is 20.8 Å².